The Hall–Kier alpha value is -1.82. The van der Waals surface area contributed by atoms with E-state index in [1.165, 1.54) is 18.2 Å². The minimum absolute atomic E-state index is 0.0562. The third kappa shape index (κ3) is 2.65. The van der Waals surface area contributed by atoms with E-state index < -0.39 is 11.7 Å². The van der Waals surface area contributed by atoms with Crippen molar-refractivity contribution in [3.05, 3.63) is 46.4 Å². The summed E-state index contributed by atoms with van der Waals surface area (Å²) in [6.45, 7) is 0. The third-order valence-electron chi connectivity index (χ3n) is 2.13. The fraction of sp³-hybridized carbons (Fsp3) is 0. The number of carbonyl (C=O) groups excluding carboxylic acids is 1. The topological polar surface area (TPSA) is 70.9 Å². The number of aromatic amines is 1. The van der Waals surface area contributed by atoms with Crippen molar-refractivity contribution in [1.82, 2.24) is 4.98 Å². The quantitative estimate of drug-likeness (QED) is 0.746. The molecular weight excluding hydrogens is 289 g/mol. The fourth-order valence-electron chi connectivity index (χ4n) is 1.33. The van der Waals surface area contributed by atoms with E-state index in [-0.39, 0.29) is 5.69 Å². The lowest BCUT2D eigenvalue weighted by atomic mass is 10.2. The normalized spacial score (nSPS) is 10.2. The summed E-state index contributed by atoms with van der Waals surface area (Å²) in [5.41, 5.74) is 6.28. The lowest BCUT2D eigenvalue weighted by molar-refractivity contribution is 0.102. The van der Waals surface area contributed by atoms with Crippen LogP contribution in [0.5, 0.6) is 0 Å². The van der Waals surface area contributed by atoms with Crippen LogP contribution in [0.3, 0.4) is 0 Å². The van der Waals surface area contributed by atoms with Gasteiger partial charge in [0.25, 0.3) is 5.91 Å². The van der Waals surface area contributed by atoms with Crippen LogP contribution in [0.1, 0.15) is 10.5 Å². The molecule has 0 aliphatic carbocycles. The number of carbonyl (C=O) groups is 1. The number of anilines is 2. The fourth-order valence-corrected chi connectivity index (χ4v) is 1.67. The van der Waals surface area contributed by atoms with E-state index in [1.54, 1.807) is 12.3 Å². The highest BCUT2D eigenvalue weighted by Crippen LogP contribution is 2.19. The first-order valence-corrected chi connectivity index (χ1v) is 5.56. The molecule has 1 amide bonds. The van der Waals surface area contributed by atoms with Gasteiger partial charge in [0.05, 0.1) is 5.69 Å². The van der Waals surface area contributed by atoms with Crippen LogP contribution in [0.2, 0.25) is 0 Å². The molecule has 6 heteroatoms. The third-order valence-corrected chi connectivity index (χ3v) is 2.59. The van der Waals surface area contributed by atoms with Crippen LogP contribution >= 0.6 is 15.9 Å². The molecule has 0 bridgehead atoms. The van der Waals surface area contributed by atoms with Crippen molar-refractivity contribution >= 4 is 33.2 Å². The van der Waals surface area contributed by atoms with Crippen molar-refractivity contribution in [2.24, 2.45) is 0 Å². The molecule has 4 nitrogen and oxygen atoms in total. The average molecular weight is 298 g/mol. The Balaban J connectivity index is 2.21. The molecule has 0 saturated carbocycles. The first kappa shape index (κ1) is 11.7. The predicted octanol–water partition coefficient (Wildman–Crippen LogP) is 2.75. The van der Waals surface area contributed by atoms with Gasteiger partial charge in [-0.1, -0.05) is 0 Å². The summed E-state index contributed by atoms with van der Waals surface area (Å²) in [5, 5.41) is 2.43. The Labute approximate surface area is 105 Å². The average Bonchev–Trinajstić information content (AvgIpc) is 2.70. The molecule has 17 heavy (non-hydrogen) atoms. The second kappa shape index (κ2) is 4.58. The standard InChI is InChI=1S/C11H9BrFN3O/c12-6-3-10(15-5-6)11(17)16-9-4-7(14)1-2-8(9)13/h1-5,15H,14H2,(H,16,17). The molecule has 4 N–H and O–H groups in total. The Kier molecular flexibility index (Phi) is 3.14. The van der Waals surface area contributed by atoms with Crippen LogP contribution < -0.4 is 11.1 Å². The molecule has 0 fully saturated rings. The highest BCUT2D eigenvalue weighted by Gasteiger charge is 2.11. The molecule has 0 unspecified atom stereocenters. The molecule has 0 atom stereocenters. The predicted molar refractivity (Wildman–Crippen MR) is 67.3 cm³/mol. The van der Waals surface area contributed by atoms with Crippen LogP contribution in [-0.2, 0) is 0 Å². The first-order valence-electron chi connectivity index (χ1n) is 4.76. The van der Waals surface area contributed by atoms with Crippen LogP contribution in [0.4, 0.5) is 15.8 Å². The molecule has 88 valence electrons. The van der Waals surface area contributed by atoms with Crippen molar-refractivity contribution < 1.29 is 9.18 Å². The van der Waals surface area contributed by atoms with Crippen LogP contribution in [0.15, 0.2) is 34.9 Å². The van der Waals surface area contributed by atoms with Gasteiger partial charge < -0.3 is 16.0 Å². The van der Waals surface area contributed by atoms with E-state index >= 15 is 0 Å². The highest BCUT2D eigenvalue weighted by molar-refractivity contribution is 9.10. The second-order valence-corrected chi connectivity index (χ2v) is 4.34. The van der Waals surface area contributed by atoms with Gasteiger partial charge in [-0.05, 0) is 40.2 Å². The maximum absolute atomic E-state index is 13.4. The molecule has 0 aliphatic rings. The molecule has 1 heterocycles. The molecule has 0 spiro atoms. The number of aromatic nitrogens is 1. The summed E-state index contributed by atoms with van der Waals surface area (Å²) < 4.78 is 14.1. The van der Waals surface area contributed by atoms with E-state index in [0.29, 0.717) is 11.4 Å². The maximum Gasteiger partial charge on any atom is 0.272 e. The highest BCUT2D eigenvalue weighted by atomic mass is 79.9. The maximum atomic E-state index is 13.4. The van der Waals surface area contributed by atoms with E-state index in [4.69, 9.17) is 5.73 Å². The van der Waals surface area contributed by atoms with Crippen LogP contribution in [0.25, 0.3) is 0 Å². The van der Waals surface area contributed by atoms with Gasteiger partial charge in [-0.2, -0.15) is 0 Å². The zero-order valence-corrected chi connectivity index (χ0v) is 10.2. The summed E-state index contributed by atoms with van der Waals surface area (Å²) in [7, 11) is 0. The number of nitrogens with two attached hydrogens (primary N) is 1. The summed E-state index contributed by atoms with van der Waals surface area (Å²) >= 11 is 3.21. The van der Waals surface area contributed by atoms with Gasteiger partial charge in [0.2, 0.25) is 0 Å². The lowest BCUT2D eigenvalue weighted by Crippen LogP contribution is -2.13. The van der Waals surface area contributed by atoms with Gasteiger partial charge in [-0.3, -0.25) is 4.79 Å². The zero-order valence-electron chi connectivity index (χ0n) is 8.63. The Bertz CT molecular complexity index is 568. The number of nitrogen functional groups attached to an aromatic ring is 1. The van der Waals surface area contributed by atoms with E-state index in [0.717, 1.165) is 4.47 Å². The van der Waals surface area contributed by atoms with Gasteiger partial charge in [-0.15, -0.1) is 0 Å². The number of halogens is 2. The lowest BCUT2D eigenvalue weighted by Gasteiger charge is -2.05. The van der Waals surface area contributed by atoms with Crippen molar-refractivity contribution in [2.45, 2.75) is 0 Å². The summed E-state index contributed by atoms with van der Waals surface area (Å²) in [5.74, 6) is -0.960. The number of H-pyrrole nitrogens is 1. The summed E-state index contributed by atoms with van der Waals surface area (Å²) in [6.07, 6.45) is 1.62. The summed E-state index contributed by atoms with van der Waals surface area (Å²) in [4.78, 5) is 14.5. The Morgan fingerprint density at radius 3 is 2.82 bits per heavy atom. The van der Waals surface area contributed by atoms with Crippen molar-refractivity contribution in [3.63, 3.8) is 0 Å². The largest absolute Gasteiger partial charge is 0.399 e. The molecule has 0 saturated heterocycles. The van der Waals surface area contributed by atoms with Gasteiger partial charge in [-0.25, -0.2) is 4.39 Å². The minimum atomic E-state index is -0.529. The second-order valence-electron chi connectivity index (χ2n) is 3.42. The van der Waals surface area contributed by atoms with Gasteiger partial charge >= 0.3 is 0 Å². The van der Waals surface area contributed by atoms with E-state index in [1.807, 2.05) is 0 Å². The number of rotatable bonds is 2. The van der Waals surface area contributed by atoms with Gasteiger partial charge in [0.15, 0.2) is 0 Å². The number of hydrogen-bond acceptors (Lipinski definition) is 2. The van der Waals surface area contributed by atoms with Crippen molar-refractivity contribution in [2.75, 3.05) is 11.1 Å². The van der Waals surface area contributed by atoms with Crippen molar-refractivity contribution in [3.8, 4) is 0 Å². The molecule has 1 aromatic carbocycles. The molecule has 1 aromatic heterocycles. The Morgan fingerprint density at radius 2 is 2.18 bits per heavy atom. The smallest absolute Gasteiger partial charge is 0.272 e. The summed E-state index contributed by atoms with van der Waals surface area (Å²) in [6, 6.07) is 5.59. The van der Waals surface area contributed by atoms with Crippen LogP contribution in [0, 0.1) is 5.82 Å². The molecule has 0 radical (unpaired) electrons. The first-order chi connectivity index (χ1) is 8.06. The number of hydrogen-bond donors (Lipinski definition) is 3. The van der Waals surface area contributed by atoms with Crippen molar-refractivity contribution in [1.29, 1.82) is 0 Å². The number of benzene rings is 1. The van der Waals surface area contributed by atoms with Crippen LogP contribution in [-0.4, -0.2) is 10.9 Å². The Morgan fingerprint density at radius 1 is 1.41 bits per heavy atom. The van der Waals surface area contributed by atoms with Gasteiger partial charge in [0, 0.05) is 16.4 Å². The SMILES string of the molecule is Nc1ccc(F)c(NC(=O)c2cc(Br)c[nH]2)c1. The molecule has 2 rings (SSSR count). The molecular formula is C11H9BrFN3O. The van der Waals surface area contributed by atoms with E-state index in [9.17, 15) is 9.18 Å². The molecule has 2 aromatic rings. The van der Waals surface area contributed by atoms with Gasteiger partial charge in [0.1, 0.15) is 11.5 Å². The zero-order chi connectivity index (χ0) is 12.4. The monoisotopic (exact) mass is 297 g/mol. The molecule has 0 aliphatic heterocycles. The minimum Gasteiger partial charge on any atom is -0.399 e. The van der Waals surface area contributed by atoms with E-state index in [2.05, 4.69) is 26.2 Å². The number of amides is 1. The number of nitrogens with one attached hydrogen (secondary N) is 2.